The van der Waals surface area contributed by atoms with Gasteiger partial charge in [-0.25, -0.2) is 9.19 Å². The molecule has 0 amide bonds. The number of carbonyl (C=O) groups excluding carboxylic acids is 1. The van der Waals surface area contributed by atoms with Crippen LogP contribution in [0.4, 0.5) is 0 Å². The molecule has 0 saturated carbocycles. The molecule has 0 radical (unpaired) electrons. The molecule has 34 heavy (non-hydrogen) atoms. The van der Waals surface area contributed by atoms with Crippen LogP contribution in [0.25, 0.3) is 10.9 Å². The standard InChI is InChI=1S/C25H26Cl2N2O4S/c1-14-10-21(17(4)30)29(12-14)33-34(31)23-9-8-20(26)19(24(23)27)13-32-22-7-5-6-18-15(2)11-16(3)28-25(18)22/h5-9,11,14,21H,10,12-13H2,1-4H3. The summed E-state index contributed by atoms with van der Waals surface area (Å²) in [7, 11) is 0. The Morgan fingerprint density at radius 1 is 1.24 bits per heavy atom. The Bertz CT molecular complexity index is 1280. The molecule has 2 heterocycles. The summed E-state index contributed by atoms with van der Waals surface area (Å²) in [5.74, 6) is 0.846. The average Bonchev–Trinajstić information content (AvgIpc) is 3.14. The van der Waals surface area contributed by atoms with E-state index in [0.29, 0.717) is 29.3 Å². The lowest BCUT2D eigenvalue weighted by atomic mass is 10.1. The molecular formula is C25H26Cl2N2O4S. The van der Waals surface area contributed by atoms with Crippen LogP contribution in [0.2, 0.25) is 10.0 Å². The molecule has 0 N–H and O–H groups in total. The molecule has 4 rings (SSSR count). The molecule has 1 fully saturated rings. The number of para-hydroxylation sites is 1. The highest BCUT2D eigenvalue weighted by Gasteiger charge is 2.35. The maximum atomic E-state index is 13.0. The second kappa shape index (κ2) is 10.3. The molecule has 2 aromatic carbocycles. The fourth-order valence-corrected chi connectivity index (χ4v) is 5.78. The van der Waals surface area contributed by atoms with E-state index in [-0.39, 0.29) is 28.2 Å². The summed E-state index contributed by atoms with van der Waals surface area (Å²) in [4.78, 5) is 16.9. The Morgan fingerprint density at radius 2 is 2.00 bits per heavy atom. The first-order valence-electron chi connectivity index (χ1n) is 11.0. The van der Waals surface area contributed by atoms with Crippen molar-refractivity contribution >= 4 is 51.0 Å². The first-order chi connectivity index (χ1) is 16.2. The fraction of sp³-hybridized carbons (Fsp3) is 0.360. The molecule has 9 heteroatoms. The molecule has 0 spiro atoms. The number of carbonyl (C=O) groups is 1. The second-order valence-electron chi connectivity index (χ2n) is 8.74. The number of aromatic nitrogens is 1. The van der Waals surface area contributed by atoms with Gasteiger partial charge in [-0.15, -0.1) is 0 Å². The molecule has 3 unspecified atom stereocenters. The van der Waals surface area contributed by atoms with Crippen molar-refractivity contribution in [3.05, 3.63) is 63.3 Å². The van der Waals surface area contributed by atoms with Crippen LogP contribution in [0.3, 0.4) is 0 Å². The van der Waals surface area contributed by atoms with Crippen molar-refractivity contribution in [3.8, 4) is 5.75 Å². The number of ether oxygens (including phenoxy) is 1. The van der Waals surface area contributed by atoms with Crippen molar-refractivity contribution < 1.29 is 18.0 Å². The predicted octanol–water partition coefficient (Wildman–Crippen LogP) is 5.99. The number of halogens is 2. The lowest BCUT2D eigenvalue weighted by Gasteiger charge is -2.21. The van der Waals surface area contributed by atoms with Crippen LogP contribution in [0.15, 0.2) is 41.3 Å². The lowest BCUT2D eigenvalue weighted by Crippen LogP contribution is -2.35. The maximum absolute atomic E-state index is 13.0. The second-order valence-corrected chi connectivity index (χ2v) is 10.6. The molecule has 3 aromatic rings. The van der Waals surface area contributed by atoms with Crippen LogP contribution in [-0.2, 0) is 26.8 Å². The van der Waals surface area contributed by atoms with E-state index in [0.717, 1.165) is 22.2 Å². The summed E-state index contributed by atoms with van der Waals surface area (Å²) >= 11 is 11.1. The van der Waals surface area contributed by atoms with Crippen molar-refractivity contribution in [2.75, 3.05) is 6.54 Å². The normalized spacial score (nSPS) is 19.5. The van der Waals surface area contributed by atoms with Crippen LogP contribution in [0.5, 0.6) is 5.75 Å². The zero-order valence-electron chi connectivity index (χ0n) is 19.4. The molecule has 1 saturated heterocycles. The van der Waals surface area contributed by atoms with Crippen molar-refractivity contribution in [1.29, 1.82) is 0 Å². The van der Waals surface area contributed by atoms with E-state index in [1.54, 1.807) is 12.1 Å². The van der Waals surface area contributed by atoms with Crippen LogP contribution in [0, 0.1) is 19.8 Å². The van der Waals surface area contributed by atoms with Crippen molar-refractivity contribution in [2.45, 2.75) is 51.7 Å². The van der Waals surface area contributed by atoms with Gasteiger partial charge in [0.15, 0.2) is 0 Å². The van der Waals surface area contributed by atoms with Crippen LogP contribution in [-0.4, -0.2) is 32.6 Å². The Morgan fingerprint density at radius 3 is 2.74 bits per heavy atom. The summed E-state index contributed by atoms with van der Waals surface area (Å²) in [6, 6.07) is 10.5. The fourth-order valence-electron chi connectivity index (χ4n) is 4.25. The third kappa shape index (κ3) is 5.14. The molecule has 0 aliphatic carbocycles. The van der Waals surface area contributed by atoms with Gasteiger partial charge in [0.2, 0.25) is 11.1 Å². The summed E-state index contributed by atoms with van der Waals surface area (Å²) in [6.45, 7) is 8.09. The number of Topliss-reactive ketones (excluding diaryl/α,β-unsaturated/α-hetero) is 1. The zero-order valence-corrected chi connectivity index (χ0v) is 21.8. The summed E-state index contributed by atoms with van der Waals surface area (Å²) < 4.78 is 24.8. The number of ketones is 1. The van der Waals surface area contributed by atoms with E-state index in [1.165, 1.54) is 12.0 Å². The van der Waals surface area contributed by atoms with Gasteiger partial charge in [0.25, 0.3) is 0 Å². The van der Waals surface area contributed by atoms with E-state index in [2.05, 4.69) is 4.98 Å². The van der Waals surface area contributed by atoms with Gasteiger partial charge in [-0.2, -0.15) is 9.35 Å². The van der Waals surface area contributed by atoms with Gasteiger partial charge in [0.1, 0.15) is 23.7 Å². The number of hydrogen-bond donors (Lipinski definition) is 0. The minimum Gasteiger partial charge on any atom is -0.487 e. The van der Waals surface area contributed by atoms with Gasteiger partial charge in [0, 0.05) is 28.2 Å². The number of hydrogen-bond acceptors (Lipinski definition) is 6. The topological polar surface area (TPSA) is 68.7 Å². The van der Waals surface area contributed by atoms with Gasteiger partial charge in [-0.3, -0.25) is 4.79 Å². The van der Waals surface area contributed by atoms with E-state index in [9.17, 15) is 9.00 Å². The summed E-state index contributed by atoms with van der Waals surface area (Å²) in [5.41, 5.74) is 3.26. The van der Waals surface area contributed by atoms with Gasteiger partial charge in [-0.05, 0) is 62.9 Å². The molecule has 0 bridgehead atoms. The van der Waals surface area contributed by atoms with Crippen LogP contribution < -0.4 is 4.74 Å². The number of benzene rings is 2. The van der Waals surface area contributed by atoms with Gasteiger partial charge in [-0.1, -0.05) is 42.3 Å². The van der Waals surface area contributed by atoms with Crippen molar-refractivity contribution in [3.63, 3.8) is 0 Å². The molecule has 1 aliphatic heterocycles. The first-order valence-corrected chi connectivity index (χ1v) is 12.8. The molecule has 1 aromatic heterocycles. The van der Waals surface area contributed by atoms with Gasteiger partial charge in [0.05, 0.1) is 16.0 Å². The van der Waals surface area contributed by atoms with Crippen molar-refractivity contribution in [1.82, 2.24) is 10.0 Å². The predicted molar refractivity (Wildman–Crippen MR) is 134 cm³/mol. The summed E-state index contributed by atoms with van der Waals surface area (Å²) in [6.07, 6.45) is 0.665. The highest BCUT2D eigenvalue weighted by atomic mass is 35.5. The highest BCUT2D eigenvalue weighted by molar-refractivity contribution is 7.80. The Kier molecular flexibility index (Phi) is 7.60. The molecule has 1 aliphatic rings. The molecule has 180 valence electrons. The third-order valence-electron chi connectivity index (χ3n) is 5.94. The average molecular weight is 521 g/mol. The van der Waals surface area contributed by atoms with Crippen LogP contribution >= 0.6 is 23.2 Å². The molecular weight excluding hydrogens is 495 g/mol. The van der Waals surface area contributed by atoms with E-state index in [4.69, 9.17) is 32.2 Å². The van der Waals surface area contributed by atoms with Gasteiger partial charge < -0.3 is 4.74 Å². The monoisotopic (exact) mass is 520 g/mol. The molecule has 3 atom stereocenters. The smallest absolute Gasteiger partial charge is 0.208 e. The Labute approximate surface area is 211 Å². The van der Waals surface area contributed by atoms with E-state index >= 15 is 0 Å². The minimum atomic E-state index is -1.92. The van der Waals surface area contributed by atoms with Gasteiger partial charge >= 0.3 is 0 Å². The number of fused-ring (bicyclic) bond motifs is 1. The number of pyridine rings is 1. The van der Waals surface area contributed by atoms with E-state index in [1.807, 2.05) is 45.0 Å². The number of aryl methyl sites for hydroxylation is 2. The number of hydroxylamine groups is 2. The zero-order chi connectivity index (χ0) is 24.6. The largest absolute Gasteiger partial charge is 0.487 e. The highest BCUT2D eigenvalue weighted by Crippen LogP contribution is 2.34. The SMILES string of the molecule is CC(=O)C1CC(C)CN1OS(=O)c1ccc(Cl)c(COc2cccc3c(C)cc(C)nc23)c1Cl. The molecule has 6 nitrogen and oxygen atoms in total. The quantitative estimate of drug-likeness (QED) is 0.381. The third-order valence-corrected chi connectivity index (χ3v) is 7.86. The van der Waals surface area contributed by atoms with Crippen molar-refractivity contribution in [2.24, 2.45) is 5.92 Å². The first kappa shape index (κ1) is 25.1. The summed E-state index contributed by atoms with van der Waals surface area (Å²) in [5, 5.41) is 3.10. The minimum absolute atomic E-state index is 0.0215. The maximum Gasteiger partial charge on any atom is 0.208 e. The lowest BCUT2D eigenvalue weighted by molar-refractivity contribution is -0.132. The Balaban J connectivity index is 1.57. The van der Waals surface area contributed by atoms with Crippen LogP contribution in [0.1, 0.15) is 37.1 Å². The Hall–Kier alpha value is -2.03. The number of nitrogens with zero attached hydrogens (tertiary/aromatic N) is 2. The van der Waals surface area contributed by atoms with E-state index < -0.39 is 17.1 Å². The number of rotatable bonds is 7.